The molecule has 0 aromatic carbocycles. The summed E-state index contributed by atoms with van der Waals surface area (Å²) < 4.78 is 0. The molecule has 2 heteroatoms. The van der Waals surface area contributed by atoms with Crippen LogP contribution in [-0.2, 0) is 0 Å². The normalized spacial score (nSPS) is 37.5. The van der Waals surface area contributed by atoms with Gasteiger partial charge in [0, 0.05) is 5.41 Å². The molecule has 72 valence electrons. The van der Waals surface area contributed by atoms with Crippen LogP contribution in [0.4, 0.5) is 0 Å². The molecule has 13 heavy (non-hydrogen) atoms. The van der Waals surface area contributed by atoms with Crippen molar-refractivity contribution in [2.45, 2.75) is 56.9 Å². The zero-order chi connectivity index (χ0) is 9.36. The maximum Gasteiger partial charge on any atom is 0.109 e. The Balaban J connectivity index is 2.25. The number of hydrogen-bond acceptors (Lipinski definition) is 2. The molecular weight excluding hydrogens is 160 g/mol. The van der Waals surface area contributed by atoms with E-state index >= 15 is 0 Å². The van der Waals surface area contributed by atoms with Gasteiger partial charge >= 0.3 is 0 Å². The van der Waals surface area contributed by atoms with Gasteiger partial charge in [-0.3, -0.25) is 0 Å². The van der Waals surface area contributed by atoms with Crippen LogP contribution in [0.15, 0.2) is 0 Å². The second-order valence-electron chi connectivity index (χ2n) is 4.78. The summed E-state index contributed by atoms with van der Waals surface area (Å²) in [6, 6.07) is 2.38. The zero-order valence-electron chi connectivity index (χ0n) is 8.18. The maximum atomic E-state index is 9.17. The molecule has 2 saturated carbocycles. The molecule has 2 aliphatic rings. The molecule has 2 N–H and O–H groups in total. The lowest BCUT2D eigenvalue weighted by molar-refractivity contribution is 0.134. The minimum Gasteiger partial charge on any atom is -0.313 e. The molecule has 0 aromatic rings. The van der Waals surface area contributed by atoms with Crippen molar-refractivity contribution in [2.24, 2.45) is 11.1 Å². The lowest BCUT2D eigenvalue weighted by Gasteiger charge is -2.42. The van der Waals surface area contributed by atoms with Gasteiger partial charge in [0.15, 0.2) is 0 Å². The fraction of sp³-hybridized carbons (Fsp3) is 0.909. The minimum absolute atomic E-state index is 0.194. The third-order valence-electron chi connectivity index (χ3n) is 4.18. The molecule has 0 heterocycles. The van der Waals surface area contributed by atoms with Gasteiger partial charge < -0.3 is 5.73 Å². The van der Waals surface area contributed by atoms with E-state index in [1.54, 1.807) is 0 Å². The Morgan fingerprint density at radius 3 is 2.15 bits per heavy atom. The van der Waals surface area contributed by atoms with Crippen molar-refractivity contribution in [1.82, 2.24) is 0 Å². The quantitative estimate of drug-likeness (QED) is 0.619. The van der Waals surface area contributed by atoms with Crippen molar-refractivity contribution < 1.29 is 0 Å². The number of nitrogens with two attached hydrogens (primary N) is 1. The highest BCUT2D eigenvalue weighted by molar-refractivity contribution is 5.19. The van der Waals surface area contributed by atoms with Gasteiger partial charge in [-0.25, -0.2) is 0 Å². The molecule has 0 saturated heterocycles. The first-order chi connectivity index (χ1) is 6.22. The van der Waals surface area contributed by atoms with E-state index in [2.05, 4.69) is 6.07 Å². The number of nitrogens with zero attached hydrogens (tertiary/aromatic N) is 1. The highest BCUT2D eigenvalue weighted by Gasteiger charge is 2.52. The van der Waals surface area contributed by atoms with Crippen LogP contribution in [0.25, 0.3) is 0 Å². The Kier molecular flexibility index (Phi) is 2.08. The molecule has 2 nitrogen and oxygen atoms in total. The average Bonchev–Trinajstić information content (AvgIpc) is 2.47. The van der Waals surface area contributed by atoms with Crippen molar-refractivity contribution in [3.63, 3.8) is 0 Å². The largest absolute Gasteiger partial charge is 0.313 e. The second-order valence-corrected chi connectivity index (χ2v) is 4.78. The third-order valence-corrected chi connectivity index (χ3v) is 4.18. The molecule has 1 atom stereocenters. The van der Waals surface area contributed by atoms with Crippen molar-refractivity contribution in [3.05, 3.63) is 0 Å². The monoisotopic (exact) mass is 178 g/mol. The predicted molar refractivity (Wildman–Crippen MR) is 51.9 cm³/mol. The van der Waals surface area contributed by atoms with Gasteiger partial charge in [0.1, 0.15) is 5.54 Å². The summed E-state index contributed by atoms with van der Waals surface area (Å²) in [6.07, 6.45) is 9.54. The first-order valence-corrected chi connectivity index (χ1v) is 5.43. The Morgan fingerprint density at radius 1 is 0.923 bits per heavy atom. The minimum atomic E-state index is -0.493. The highest BCUT2D eigenvalue weighted by Crippen LogP contribution is 2.53. The van der Waals surface area contributed by atoms with Gasteiger partial charge in [-0.2, -0.15) is 5.26 Å². The molecule has 0 aromatic heterocycles. The lowest BCUT2D eigenvalue weighted by atomic mass is 9.64. The van der Waals surface area contributed by atoms with Crippen LogP contribution in [-0.4, -0.2) is 5.54 Å². The van der Waals surface area contributed by atoms with E-state index in [1.807, 2.05) is 0 Å². The van der Waals surface area contributed by atoms with Gasteiger partial charge in [0.05, 0.1) is 6.07 Å². The number of rotatable bonds is 0. The Labute approximate surface area is 80.1 Å². The van der Waals surface area contributed by atoms with Crippen LogP contribution in [0.1, 0.15) is 51.4 Å². The first kappa shape index (κ1) is 9.02. The maximum absolute atomic E-state index is 9.17. The topological polar surface area (TPSA) is 49.8 Å². The van der Waals surface area contributed by atoms with Crippen LogP contribution < -0.4 is 5.73 Å². The van der Waals surface area contributed by atoms with Crippen molar-refractivity contribution in [3.8, 4) is 6.07 Å². The van der Waals surface area contributed by atoms with Crippen LogP contribution in [0.3, 0.4) is 0 Å². The van der Waals surface area contributed by atoms with Gasteiger partial charge in [-0.05, 0) is 32.1 Å². The van der Waals surface area contributed by atoms with Gasteiger partial charge in [0.25, 0.3) is 0 Å². The molecule has 2 fully saturated rings. The summed E-state index contributed by atoms with van der Waals surface area (Å²) in [5.41, 5.74) is 5.91. The van der Waals surface area contributed by atoms with E-state index < -0.39 is 5.54 Å². The van der Waals surface area contributed by atoms with Gasteiger partial charge in [-0.1, -0.05) is 19.3 Å². The van der Waals surface area contributed by atoms with E-state index in [1.165, 1.54) is 38.5 Å². The molecule has 1 unspecified atom stereocenters. The summed E-state index contributed by atoms with van der Waals surface area (Å²) >= 11 is 0. The molecule has 2 rings (SSSR count). The van der Waals surface area contributed by atoms with Crippen LogP contribution >= 0.6 is 0 Å². The lowest BCUT2D eigenvalue weighted by Crippen LogP contribution is -2.51. The van der Waals surface area contributed by atoms with Crippen molar-refractivity contribution in [1.29, 1.82) is 5.26 Å². The summed E-state index contributed by atoms with van der Waals surface area (Å²) in [6.45, 7) is 0. The molecule has 1 spiro atoms. The van der Waals surface area contributed by atoms with E-state index in [4.69, 9.17) is 11.0 Å². The smallest absolute Gasteiger partial charge is 0.109 e. The Morgan fingerprint density at radius 2 is 1.54 bits per heavy atom. The Hall–Kier alpha value is -0.550. The average molecular weight is 178 g/mol. The molecule has 0 amide bonds. The SMILES string of the molecule is N#CC1(N)CCCC12CCCCC2. The Bertz CT molecular complexity index is 235. The number of nitriles is 1. The van der Waals surface area contributed by atoms with Gasteiger partial charge in [-0.15, -0.1) is 0 Å². The summed E-state index contributed by atoms with van der Waals surface area (Å²) in [5.74, 6) is 0. The van der Waals surface area contributed by atoms with E-state index in [-0.39, 0.29) is 5.41 Å². The van der Waals surface area contributed by atoms with E-state index in [0.29, 0.717) is 0 Å². The fourth-order valence-corrected chi connectivity index (χ4v) is 3.29. The van der Waals surface area contributed by atoms with E-state index in [0.717, 1.165) is 12.8 Å². The molecule has 0 aliphatic heterocycles. The standard InChI is InChI=1S/C11H18N2/c12-9-11(13)8-4-7-10(11)5-2-1-3-6-10/h1-8,13H2. The molecule has 0 bridgehead atoms. The van der Waals surface area contributed by atoms with Crippen molar-refractivity contribution >= 4 is 0 Å². The molecule has 0 radical (unpaired) electrons. The van der Waals surface area contributed by atoms with Crippen LogP contribution in [0, 0.1) is 16.7 Å². The van der Waals surface area contributed by atoms with Gasteiger partial charge in [0.2, 0.25) is 0 Å². The first-order valence-electron chi connectivity index (χ1n) is 5.43. The summed E-state index contributed by atoms with van der Waals surface area (Å²) in [4.78, 5) is 0. The molecule has 2 aliphatic carbocycles. The highest BCUT2D eigenvalue weighted by atomic mass is 14.8. The van der Waals surface area contributed by atoms with Crippen LogP contribution in [0.5, 0.6) is 0 Å². The summed E-state index contributed by atoms with van der Waals surface area (Å²) in [5, 5.41) is 9.17. The van der Waals surface area contributed by atoms with E-state index in [9.17, 15) is 0 Å². The fourth-order valence-electron chi connectivity index (χ4n) is 3.29. The van der Waals surface area contributed by atoms with Crippen molar-refractivity contribution in [2.75, 3.05) is 0 Å². The summed E-state index contributed by atoms with van der Waals surface area (Å²) in [7, 11) is 0. The zero-order valence-corrected chi connectivity index (χ0v) is 8.18. The third kappa shape index (κ3) is 1.18. The second kappa shape index (κ2) is 2.99. The van der Waals surface area contributed by atoms with Crippen LogP contribution in [0.2, 0.25) is 0 Å². The molecular formula is C11H18N2. The predicted octanol–water partition coefficient (Wildman–Crippen LogP) is 2.34. The number of hydrogen-bond donors (Lipinski definition) is 1.